The van der Waals surface area contributed by atoms with Crippen molar-refractivity contribution < 1.29 is 4.52 Å². The van der Waals surface area contributed by atoms with Crippen molar-refractivity contribution in [2.75, 3.05) is 0 Å². The molecule has 0 aromatic carbocycles. The highest BCUT2D eigenvalue weighted by Gasteiger charge is 2.11. The van der Waals surface area contributed by atoms with Crippen molar-refractivity contribution in [2.24, 2.45) is 0 Å². The molecule has 3 aromatic rings. The summed E-state index contributed by atoms with van der Waals surface area (Å²) in [6.07, 6.45) is 1.71. The third kappa shape index (κ3) is 1.37. The van der Waals surface area contributed by atoms with Crippen molar-refractivity contribution >= 4 is 17.1 Å². The molecule has 0 fully saturated rings. The third-order valence-electron chi connectivity index (χ3n) is 2.23. The Morgan fingerprint density at radius 3 is 3.06 bits per heavy atom. The molecule has 5 nitrogen and oxygen atoms in total. The number of nitrogens with zero attached hydrogens (tertiary/aromatic N) is 4. The van der Waals surface area contributed by atoms with Gasteiger partial charge >= 0.3 is 0 Å². The van der Waals surface area contributed by atoms with Crippen molar-refractivity contribution in [1.82, 2.24) is 19.8 Å². The van der Waals surface area contributed by atoms with E-state index in [0.29, 0.717) is 11.7 Å². The highest BCUT2D eigenvalue weighted by Crippen LogP contribution is 2.18. The van der Waals surface area contributed by atoms with Gasteiger partial charge in [-0.15, -0.1) is 11.6 Å². The van der Waals surface area contributed by atoms with Crippen molar-refractivity contribution in [2.45, 2.75) is 5.88 Å². The first-order valence-corrected chi connectivity index (χ1v) is 5.23. The minimum atomic E-state index is 0.212. The molecule has 0 saturated carbocycles. The Balaban J connectivity index is 2.18. The summed E-state index contributed by atoms with van der Waals surface area (Å²) in [7, 11) is 0. The topological polar surface area (TPSA) is 56.2 Å². The fourth-order valence-electron chi connectivity index (χ4n) is 1.53. The van der Waals surface area contributed by atoms with E-state index in [2.05, 4.69) is 15.2 Å². The molecule has 0 spiro atoms. The van der Waals surface area contributed by atoms with Crippen LogP contribution >= 0.6 is 11.6 Å². The second kappa shape index (κ2) is 3.61. The van der Waals surface area contributed by atoms with Crippen LogP contribution in [0.3, 0.4) is 0 Å². The zero-order valence-corrected chi connectivity index (χ0v) is 8.92. The van der Waals surface area contributed by atoms with Gasteiger partial charge in [-0.3, -0.25) is 0 Å². The number of hydrogen-bond acceptors (Lipinski definition) is 4. The average molecular weight is 235 g/mol. The van der Waals surface area contributed by atoms with Crippen molar-refractivity contribution in [3.63, 3.8) is 0 Å². The Morgan fingerprint density at radius 1 is 1.31 bits per heavy atom. The molecule has 0 unspecified atom stereocenters. The van der Waals surface area contributed by atoms with Gasteiger partial charge in [-0.05, 0) is 24.3 Å². The average Bonchev–Trinajstić information content (AvgIpc) is 2.94. The molecular weight excluding hydrogens is 228 g/mol. The fourth-order valence-corrected chi connectivity index (χ4v) is 1.64. The van der Waals surface area contributed by atoms with E-state index in [0.717, 1.165) is 11.2 Å². The standard InChI is InChI=1S/C10H7ClN4O/c11-6-9-13-10(14-16-9)8-4-3-7-2-1-5-12-15(7)8/h1-5H,6H2. The lowest BCUT2D eigenvalue weighted by atomic mass is 10.4. The lowest BCUT2D eigenvalue weighted by Crippen LogP contribution is -1.93. The van der Waals surface area contributed by atoms with Gasteiger partial charge < -0.3 is 4.52 Å². The molecule has 0 bridgehead atoms. The van der Waals surface area contributed by atoms with Crippen LogP contribution in [0.15, 0.2) is 35.0 Å². The molecule has 80 valence electrons. The molecule has 3 aromatic heterocycles. The maximum atomic E-state index is 5.60. The molecular formula is C10H7ClN4O. The highest BCUT2D eigenvalue weighted by atomic mass is 35.5. The first-order chi connectivity index (χ1) is 7.88. The molecule has 0 saturated heterocycles. The molecule has 0 radical (unpaired) electrons. The number of halogens is 1. The fraction of sp³-hybridized carbons (Fsp3) is 0.100. The van der Waals surface area contributed by atoms with Crippen molar-refractivity contribution in [1.29, 1.82) is 0 Å². The minimum Gasteiger partial charge on any atom is -0.338 e. The summed E-state index contributed by atoms with van der Waals surface area (Å²) in [6.45, 7) is 0. The van der Waals surface area contributed by atoms with E-state index in [9.17, 15) is 0 Å². The molecule has 0 atom stereocenters. The second-order valence-electron chi connectivity index (χ2n) is 3.22. The molecule has 0 aliphatic rings. The predicted octanol–water partition coefficient (Wildman–Crippen LogP) is 2.12. The number of hydrogen-bond donors (Lipinski definition) is 0. The van der Waals surface area contributed by atoms with E-state index in [1.54, 1.807) is 10.7 Å². The van der Waals surface area contributed by atoms with Gasteiger partial charge in [-0.2, -0.15) is 10.1 Å². The van der Waals surface area contributed by atoms with E-state index in [1.807, 2.05) is 24.3 Å². The maximum Gasteiger partial charge on any atom is 0.241 e. The van der Waals surface area contributed by atoms with Gasteiger partial charge in [0, 0.05) is 6.20 Å². The highest BCUT2D eigenvalue weighted by molar-refractivity contribution is 6.16. The van der Waals surface area contributed by atoms with Gasteiger partial charge in [-0.1, -0.05) is 5.16 Å². The van der Waals surface area contributed by atoms with Crippen LogP contribution in [0.25, 0.3) is 17.0 Å². The van der Waals surface area contributed by atoms with Gasteiger partial charge in [0.1, 0.15) is 11.6 Å². The molecule has 3 rings (SSSR count). The van der Waals surface area contributed by atoms with Crippen LogP contribution in [0.5, 0.6) is 0 Å². The van der Waals surface area contributed by atoms with Crippen molar-refractivity contribution in [3.8, 4) is 11.5 Å². The van der Waals surface area contributed by atoms with E-state index >= 15 is 0 Å². The Kier molecular flexibility index (Phi) is 2.11. The Labute approximate surface area is 95.6 Å². The van der Waals surface area contributed by atoms with Crippen LogP contribution in [0.4, 0.5) is 0 Å². The zero-order chi connectivity index (χ0) is 11.0. The first-order valence-electron chi connectivity index (χ1n) is 4.70. The minimum absolute atomic E-state index is 0.212. The van der Waals surface area contributed by atoms with Crippen LogP contribution in [-0.4, -0.2) is 19.8 Å². The Bertz CT molecular complexity index is 630. The zero-order valence-electron chi connectivity index (χ0n) is 8.17. The van der Waals surface area contributed by atoms with Gasteiger partial charge in [0.15, 0.2) is 0 Å². The molecule has 3 heterocycles. The van der Waals surface area contributed by atoms with Crippen LogP contribution in [0.2, 0.25) is 0 Å². The SMILES string of the molecule is ClCc1nc(-c2ccc3cccnn23)no1. The lowest BCUT2D eigenvalue weighted by molar-refractivity contribution is 0.390. The second-order valence-corrected chi connectivity index (χ2v) is 3.49. The molecule has 0 amide bonds. The summed E-state index contributed by atoms with van der Waals surface area (Å²) in [5.41, 5.74) is 1.77. The van der Waals surface area contributed by atoms with Gasteiger partial charge in [0.05, 0.1) is 5.52 Å². The number of rotatable bonds is 2. The molecule has 0 aliphatic carbocycles. The van der Waals surface area contributed by atoms with Gasteiger partial charge in [0.25, 0.3) is 0 Å². The quantitative estimate of drug-likeness (QED) is 0.638. The van der Waals surface area contributed by atoms with Crippen LogP contribution in [-0.2, 0) is 5.88 Å². The van der Waals surface area contributed by atoms with Crippen molar-refractivity contribution in [3.05, 3.63) is 36.4 Å². The molecule has 0 aliphatic heterocycles. The monoisotopic (exact) mass is 234 g/mol. The summed E-state index contributed by atoms with van der Waals surface area (Å²) in [6, 6.07) is 7.67. The normalized spacial score (nSPS) is 11.1. The summed E-state index contributed by atoms with van der Waals surface area (Å²) in [4.78, 5) is 4.15. The van der Waals surface area contributed by atoms with Crippen LogP contribution < -0.4 is 0 Å². The van der Waals surface area contributed by atoms with E-state index in [4.69, 9.17) is 16.1 Å². The Hall–Kier alpha value is -1.88. The number of alkyl halides is 1. The summed E-state index contributed by atoms with van der Waals surface area (Å²) < 4.78 is 6.71. The summed E-state index contributed by atoms with van der Waals surface area (Å²) in [5.74, 6) is 1.11. The van der Waals surface area contributed by atoms with E-state index in [1.165, 1.54) is 0 Å². The largest absolute Gasteiger partial charge is 0.338 e. The molecule has 16 heavy (non-hydrogen) atoms. The van der Waals surface area contributed by atoms with Gasteiger partial charge in [-0.25, -0.2) is 4.52 Å². The smallest absolute Gasteiger partial charge is 0.241 e. The lowest BCUT2D eigenvalue weighted by Gasteiger charge is -1.95. The van der Waals surface area contributed by atoms with Gasteiger partial charge in [0.2, 0.25) is 11.7 Å². The summed E-state index contributed by atoms with van der Waals surface area (Å²) >= 11 is 5.60. The number of fused-ring (bicyclic) bond motifs is 1. The first kappa shape index (κ1) is 9.35. The summed E-state index contributed by atoms with van der Waals surface area (Å²) in [5, 5.41) is 8.06. The maximum absolute atomic E-state index is 5.60. The third-order valence-corrected chi connectivity index (χ3v) is 2.46. The predicted molar refractivity (Wildman–Crippen MR) is 58.0 cm³/mol. The van der Waals surface area contributed by atoms with E-state index < -0.39 is 0 Å². The molecule has 0 N–H and O–H groups in total. The van der Waals surface area contributed by atoms with Crippen LogP contribution in [0, 0.1) is 0 Å². The van der Waals surface area contributed by atoms with Crippen LogP contribution in [0.1, 0.15) is 5.89 Å². The number of aromatic nitrogens is 4. The molecule has 6 heteroatoms. The van der Waals surface area contributed by atoms with E-state index in [-0.39, 0.29) is 5.88 Å². The Morgan fingerprint density at radius 2 is 2.25 bits per heavy atom.